The van der Waals surface area contributed by atoms with Crippen molar-refractivity contribution in [2.75, 3.05) is 6.61 Å². The van der Waals surface area contributed by atoms with Gasteiger partial charge in [-0.1, -0.05) is 0 Å². The lowest BCUT2D eigenvalue weighted by Gasteiger charge is -2.07. The average molecular weight is 265 g/mol. The molecule has 1 amide bonds. The molecule has 4 nitrogen and oxygen atoms in total. The van der Waals surface area contributed by atoms with Crippen LogP contribution in [0.2, 0.25) is 0 Å². The van der Waals surface area contributed by atoms with Crippen LogP contribution < -0.4 is 10.1 Å². The van der Waals surface area contributed by atoms with Gasteiger partial charge in [0.25, 0.3) is 0 Å². The van der Waals surface area contributed by atoms with Crippen molar-refractivity contribution in [1.29, 1.82) is 0 Å². The summed E-state index contributed by atoms with van der Waals surface area (Å²) in [5.74, 6) is -0.662. The van der Waals surface area contributed by atoms with Crippen molar-refractivity contribution >= 4 is 11.7 Å². The van der Waals surface area contributed by atoms with Gasteiger partial charge in [-0.2, -0.15) is 0 Å². The van der Waals surface area contributed by atoms with Crippen molar-refractivity contribution in [3.8, 4) is 5.75 Å². The Kier molecular flexibility index (Phi) is 4.14. The molecule has 1 aromatic carbocycles. The molecule has 1 aliphatic rings. The fourth-order valence-electron chi connectivity index (χ4n) is 1.66. The first-order valence-electron chi connectivity index (χ1n) is 6.29. The fraction of sp³-hybridized carbons (Fsp3) is 0.429. The molecule has 1 aliphatic carbocycles. The second kappa shape index (κ2) is 5.82. The highest BCUT2D eigenvalue weighted by Crippen LogP contribution is 2.19. The topological polar surface area (TPSA) is 55.4 Å². The van der Waals surface area contributed by atoms with Gasteiger partial charge in [0.05, 0.1) is 18.6 Å². The number of carbonyl (C=O) groups is 2. The van der Waals surface area contributed by atoms with E-state index in [9.17, 15) is 14.0 Å². The van der Waals surface area contributed by atoms with E-state index in [4.69, 9.17) is 4.74 Å². The highest BCUT2D eigenvalue weighted by atomic mass is 19.1. The molecule has 1 fully saturated rings. The minimum absolute atomic E-state index is 0.0406. The molecular formula is C14H16FNO3. The third-order valence-electron chi connectivity index (χ3n) is 2.86. The zero-order chi connectivity index (χ0) is 13.8. The second-order valence-corrected chi connectivity index (χ2v) is 4.64. The molecule has 2 rings (SSSR count). The van der Waals surface area contributed by atoms with Crippen molar-refractivity contribution < 1.29 is 18.7 Å². The van der Waals surface area contributed by atoms with E-state index in [0.29, 0.717) is 11.8 Å². The molecule has 0 bridgehead atoms. The van der Waals surface area contributed by atoms with Gasteiger partial charge in [-0.25, -0.2) is 4.39 Å². The summed E-state index contributed by atoms with van der Waals surface area (Å²) in [5.41, 5.74) is 0.0406. The Morgan fingerprint density at radius 1 is 1.42 bits per heavy atom. The summed E-state index contributed by atoms with van der Waals surface area (Å²) in [7, 11) is 0. The molecule has 0 atom stereocenters. The van der Waals surface area contributed by atoms with Gasteiger partial charge in [0.2, 0.25) is 5.91 Å². The standard InChI is InChI=1S/C14H16FNO3/c1-9(17)12-5-4-11(8-13(12)15)19-7-6-14(18)16-10-2-3-10/h4-5,8,10H,2-3,6-7H2,1H3,(H,16,18). The number of ketones is 1. The highest BCUT2D eigenvalue weighted by Gasteiger charge is 2.22. The quantitative estimate of drug-likeness (QED) is 0.801. The summed E-state index contributed by atoms with van der Waals surface area (Å²) in [6, 6.07) is 4.41. The summed E-state index contributed by atoms with van der Waals surface area (Å²) in [4.78, 5) is 22.4. The van der Waals surface area contributed by atoms with E-state index < -0.39 is 5.82 Å². The van der Waals surface area contributed by atoms with E-state index in [2.05, 4.69) is 5.32 Å². The summed E-state index contributed by atoms with van der Waals surface area (Å²) in [5, 5.41) is 2.84. The molecule has 1 saturated carbocycles. The summed E-state index contributed by atoms with van der Waals surface area (Å²) in [6.45, 7) is 1.50. The number of amides is 1. The summed E-state index contributed by atoms with van der Waals surface area (Å²) < 4.78 is 18.8. The van der Waals surface area contributed by atoms with Crippen molar-refractivity contribution in [2.24, 2.45) is 0 Å². The van der Waals surface area contributed by atoms with Crippen LogP contribution in [-0.4, -0.2) is 24.3 Å². The van der Waals surface area contributed by atoms with Gasteiger partial charge in [0, 0.05) is 12.1 Å². The Hall–Kier alpha value is -1.91. The van der Waals surface area contributed by atoms with Crippen LogP contribution in [0.1, 0.15) is 36.5 Å². The van der Waals surface area contributed by atoms with Gasteiger partial charge < -0.3 is 10.1 Å². The molecule has 0 unspecified atom stereocenters. The first-order valence-corrected chi connectivity index (χ1v) is 6.29. The van der Waals surface area contributed by atoms with E-state index in [0.717, 1.165) is 18.9 Å². The van der Waals surface area contributed by atoms with Gasteiger partial charge in [0.1, 0.15) is 11.6 Å². The third kappa shape index (κ3) is 4.05. The van der Waals surface area contributed by atoms with Crippen molar-refractivity contribution in [1.82, 2.24) is 5.32 Å². The van der Waals surface area contributed by atoms with Crippen LogP contribution >= 0.6 is 0 Å². The summed E-state index contributed by atoms with van der Waals surface area (Å²) >= 11 is 0. The first kappa shape index (κ1) is 13.5. The number of halogens is 1. The lowest BCUT2D eigenvalue weighted by molar-refractivity contribution is -0.121. The van der Waals surface area contributed by atoms with Gasteiger partial charge in [-0.3, -0.25) is 9.59 Å². The minimum Gasteiger partial charge on any atom is -0.493 e. The van der Waals surface area contributed by atoms with Crippen LogP contribution in [0.4, 0.5) is 4.39 Å². The van der Waals surface area contributed by atoms with Crippen LogP contribution in [0.5, 0.6) is 5.75 Å². The normalized spacial score (nSPS) is 14.0. The van der Waals surface area contributed by atoms with E-state index in [1.165, 1.54) is 19.1 Å². The number of rotatable bonds is 6. The third-order valence-corrected chi connectivity index (χ3v) is 2.86. The van der Waals surface area contributed by atoms with Crippen molar-refractivity contribution in [3.63, 3.8) is 0 Å². The average Bonchev–Trinajstić information content (AvgIpc) is 3.12. The molecule has 0 aromatic heterocycles. The van der Waals surface area contributed by atoms with E-state index in [1.807, 2.05) is 0 Å². The first-order chi connectivity index (χ1) is 9.06. The predicted octanol–water partition coefficient (Wildman–Crippen LogP) is 2.08. The molecule has 19 heavy (non-hydrogen) atoms. The van der Waals surface area contributed by atoms with Gasteiger partial charge in [0.15, 0.2) is 5.78 Å². The zero-order valence-electron chi connectivity index (χ0n) is 10.7. The Morgan fingerprint density at radius 3 is 2.74 bits per heavy atom. The van der Waals surface area contributed by atoms with Crippen molar-refractivity contribution in [3.05, 3.63) is 29.6 Å². The molecular weight excluding hydrogens is 249 g/mol. The molecule has 0 radical (unpaired) electrons. The smallest absolute Gasteiger partial charge is 0.223 e. The molecule has 102 valence electrons. The molecule has 5 heteroatoms. The monoisotopic (exact) mass is 265 g/mol. The Balaban J connectivity index is 1.80. The molecule has 1 aromatic rings. The molecule has 0 saturated heterocycles. The van der Waals surface area contributed by atoms with Gasteiger partial charge >= 0.3 is 0 Å². The maximum absolute atomic E-state index is 13.5. The van der Waals surface area contributed by atoms with Crippen LogP contribution in [0, 0.1) is 5.82 Å². The van der Waals surface area contributed by atoms with Crippen molar-refractivity contribution in [2.45, 2.75) is 32.2 Å². The number of hydrogen-bond donors (Lipinski definition) is 1. The second-order valence-electron chi connectivity index (χ2n) is 4.64. The predicted molar refractivity (Wildman–Crippen MR) is 67.7 cm³/mol. The minimum atomic E-state index is -0.604. The number of Topliss-reactive ketones (excluding diaryl/α,β-unsaturated/α-hetero) is 1. The maximum atomic E-state index is 13.5. The van der Waals surface area contributed by atoms with E-state index in [1.54, 1.807) is 0 Å². The molecule has 1 N–H and O–H groups in total. The molecule has 0 heterocycles. The Morgan fingerprint density at radius 2 is 2.16 bits per heavy atom. The summed E-state index contributed by atoms with van der Waals surface area (Å²) in [6.07, 6.45) is 2.33. The zero-order valence-corrected chi connectivity index (χ0v) is 10.7. The number of hydrogen-bond acceptors (Lipinski definition) is 3. The molecule has 0 aliphatic heterocycles. The number of ether oxygens (including phenoxy) is 1. The number of carbonyl (C=O) groups excluding carboxylic acids is 2. The van der Waals surface area contributed by atoms with Gasteiger partial charge in [-0.05, 0) is 31.9 Å². The highest BCUT2D eigenvalue weighted by molar-refractivity contribution is 5.94. The fourth-order valence-corrected chi connectivity index (χ4v) is 1.66. The van der Waals surface area contributed by atoms with Crippen LogP contribution in [-0.2, 0) is 4.79 Å². The lowest BCUT2D eigenvalue weighted by Crippen LogP contribution is -2.26. The Bertz CT molecular complexity index is 497. The van der Waals surface area contributed by atoms with Crippen LogP contribution in [0.25, 0.3) is 0 Å². The van der Waals surface area contributed by atoms with Gasteiger partial charge in [-0.15, -0.1) is 0 Å². The SMILES string of the molecule is CC(=O)c1ccc(OCCC(=O)NC2CC2)cc1F. The molecule has 0 spiro atoms. The number of benzene rings is 1. The maximum Gasteiger partial charge on any atom is 0.223 e. The van der Waals surface area contributed by atoms with E-state index in [-0.39, 0.29) is 30.3 Å². The van der Waals surface area contributed by atoms with E-state index >= 15 is 0 Å². The van der Waals surface area contributed by atoms with Crippen LogP contribution in [0.3, 0.4) is 0 Å². The Labute approximate surface area is 110 Å². The lowest BCUT2D eigenvalue weighted by atomic mass is 10.1. The number of nitrogens with one attached hydrogen (secondary N) is 1. The van der Waals surface area contributed by atoms with Crippen LogP contribution in [0.15, 0.2) is 18.2 Å². The largest absolute Gasteiger partial charge is 0.493 e.